The fourth-order valence-corrected chi connectivity index (χ4v) is 12.8. The lowest BCUT2D eigenvalue weighted by atomic mass is 9.65. The van der Waals surface area contributed by atoms with Crippen LogP contribution >= 0.6 is 0 Å². The van der Waals surface area contributed by atoms with Crippen LogP contribution in [-0.4, -0.2) is 0 Å². The molecule has 0 atom stereocenters. The molecule has 0 fully saturated rings. The predicted molar refractivity (Wildman–Crippen MR) is 294 cm³/mol. The second-order valence-electron chi connectivity index (χ2n) is 19.1. The van der Waals surface area contributed by atoms with Crippen LogP contribution in [0.1, 0.15) is 51.4 Å². The van der Waals surface area contributed by atoms with Crippen LogP contribution in [0.15, 0.2) is 267 Å². The fourth-order valence-electron chi connectivity index (χ4n) is 12.8. The van der Waals surface area contributed by atoms with Crippen LogP contribution in [0, 0.1) is 0 Å². The van der Waals surface area contributed by atoms with E-state index in [2.05, 4.69) is 267 Å². The van der Waals surface area contributed by atoms with Gasteiger partial charge in [-0.3, -0.25) is 0 Å². The van der Waals surface area contributed by atoms with Crippen molar-refractivity contribution in [3.63, 3.8) is 0 Å². The van der Waals surface area contributed by atoms with Crippen LogP contribution in [0.4, 0.5) is 17.1 Å². The molecule has 340 valence electrons. The summed E-state index contributed by atoms with van der Waals surface area (Å²) >= 11 is 0. The lowest BCUT2D eigenvalue weighted by molar-refractivity contribution is 0.435. The molecule has 2 aliphatic heterocycles. The quantitative estimate of drug-likeness (QED) is 0.149. The Morgan fingerprint density at radius 3 is 1.40 bits per heavy atom. The third kappa shape index (κ3) is 5.73. The van der Waals surface area contributed by atoms with Crippen LogP contribution in [-0.2, 0) is 10.8 Å². The average molecular weight is 922 g/mol. The number of hydrogen-bond acceptors (Lipinski definition) is 3. The average Bonchev–Trinajstić information content (AvgIpc) is 3.87. The lowest BCUT2D eigenvalue weighted by Gasteiger charge is -2.40. The molecule has 0 N–H and O–H groups in total. The molecule has 0 amide bonds. The van der Waals surface area contributed by atoms with Gasteiger partial charge >= 0.3 is 0 Å². The Balaban J connectivity index is 1.06. The maximum Gasteiger partial charge on any atom is 0.132 e. The number of para-hydroxylation sites is 6. The van der Waals surface area contributed by atoms with E-state index in [0.717, 1.165) is 84.6 Å². The first-order valence-corrected chi connectivity index (χ1v) is 24.8. The van der Waals surface area contributed by atoms with Gasteiger partial charge in [0, 0.05) is 38.9 Å². The van der Waals surface area contributed by atoms with Gasteiger partial charge < -0.3 is 14.4 Å². The van der Waals surface area contributed by atoms with Crippen LogP contribution in [0.2, 0.25) is 0 Å². The van der Waals surface area contributed by atoms with E-state index in [1.165, 1.54) is 44.5 Å². The molecule has 3 nitrogen and oxygen atoms in total. The molecular weight excluding hydrogens is 875 g/mol. The monoisotopic (exact) mass is 921 g/mol. The Bertz CT molecular complexity index is 3840. The number of anilines is 3. The zero-order chi connectivity index (χ0) is 48.0. The van der Waals surface area contributed by atoms with E-state index in [9.17, 15) is 0 Å². The molecule has 14 rings (SSSR count). The third-order valence-electron chi connectivity index (χ3n) is 15.6. The SMILES string of the molecule is C=C/C=C\C1=C(C)c2c(N(c3ccccc3-c3ccccc3)c3ccccc3-c3ccc4c(c3)C3(c5ccccc5Oc5ccccc53)c3ccccc3-4)cccc2C12c1ccccc1Oc1ccccc12. The lowest BCUT2D eigenvalue weighted by Crippen LogP contribution is -2.33. The van der Waals surface area contributed by atoms with Crippen molar-refractivity contribution in [1.29, 1.82) is 0 Å². The van der Waals surface area contributed by atoms with Crippen molar-refractivity contribution in [3.05, 3.63) is 311 Å². The topological polar surface area (TPSA) is 21.7 Å². The van der Waals surface area contributed by atoms with Gasteiger partial charge in [0.05, 0.1) is 27.9 Å². The van der Waals surface area contributed by atoms with E-state index in [-0.39, 0.29) is 0 Å². The van der Waals surface area contributed by atoms with Gasteiger partial charge in [-0.2, -0.15) is 0 Å². The molecule has 0 unspecified atom stereocenters. The van der Waals surface area contributed by atoms with Crippen molar-refractivity contribution in [2.75, 3.05) is 4.90 Å². The van der Waals surface area contributed by atoms with Gasteiger partial charge in [0.1, 0.15) is 23.0 Å². The summed E-state index contributed by atoms with van der Waals surface area (Å²) < 4.78 is 13.5. The van der Waals surface area contributed by atoms with Crippen LogP contribution < -0.4 is 14.4 Å². The van der Waals surface area contributed by atoms with Gasteiger partial charge in [0.2, 0.25) is 0 Å². The second-order valence-corrected chi connectivity index (χ2v) is 19.1. The summed E-state index contributed by atoms with van der Waals surface area (Å²) in [6.45, 7) is 6.46. The maximum atomic E-state index is 6.76. The van der Waals surface area contributed by atoms with Crippen LogP contribution in [0.3, 0.4) is 0 Å². The summed E-state index contributed by atoms with van der Waals surface area (Å²) in [7, 11) is 0. The number of ether oxygens (including phenoxy) is 2. The summed E-state index contributed by atoms with van der Waals surface area (Å²) in [5.74, 6) is 3.47. The zero-order valence-electron chi connectivity index (χ0n) is 39.7. The molecule has 0 saturated heterocycles. The zero-order valence-corrected chi connectivity index (χ0v) is 39.7. The van der Waals surface area contributed by atoms with E-state index < -0.39 is 10.8 Å². The summed E-state index contributed by atoms with van der Waals surface area (Å²) in [6, 6.07) is 85.9. The molecule has 0 saturated carbocycles. The predicted octanol–water partition coefficient (Wildman–Crippen LogP) is 17.9. The summed E-state index contributed by atoms with van der Waals surface area (Å²) in [5.41, 5.74) is 20.7. The molecule has 0 aromatic heterocycles. The molecule has 2 spiro atoms. The minimum atomic E-state index is -0.676. The number of hydrogen-bond donors (Lipinski definition) is 0. The highest BCUT2D eigenvalue weighted by molar-refractivity contribution is 6.01. The Kier molecular flexibility index (Phi) is 9.40. The van der Waals surface area contributed by atoms with Gasteiger partial charge in [0.15, 0.2) is 0 Å². The molecule has 3 heteroatoms. The number of benzene rings is 10. The minimum Gasteiger partial charge on any atom is -0.457 e. The standard InChI is InChI=1S/C69H47NO2/c1-3-4-28-52-45(2)67-58(68(52)54-30-12-18-38-63(54)71-64-39-19-13-31-55(64)68)34-22-37-62(67)70(60-35-16-9-25-48(60)46-23-6-5-7-24-46)61-36-17-10-26-49(61)47-42-43-51-50-27-8-11-29-53(50)69(59(51)44-47)56-32-14-20-40-65(56)72-66-41-21-15-33-57(66)69/h3-44H,1H2,2H3/b28-4-. The largest absolute Gasteiger partial charge is 0.457 e. The highest BCUT2D eigenvalue weighted by Crippen LogP contribution is 2.65. The number of nitrogens with zero attached hydrogens (tertiary/aromatic N) is 1. The molecule has 2 aliphatic carbocycles. The molecule has 2 heterocycles. The number of fused-ring (bicyclic) bond motifs is 15. The third-order valence-corrected chi connectivity index (χ3v) is 15.6. The van der Waals surface area contributed by atoms with E-state index in [1.54, 1.807) is 0 Å². The van der Waals surface area contributed by atoms with E-state index >= 15 is 0 Å². The highest BCUT2D eigenvalue weighted by atomic mass is 16.5. The van der Waals surface area contributed by atoms with Crippen LogP contribution in [0.5, 0.6) is 23.0 Å². The first-order chi connectivity index (χ1) is 35.6. The van der Waals surface area contributed by atoms with Gasteiger partial charge in [0.25, 0.3) is 0 Å². The van der Waals surface area contributed by atoms with Crippen molar-refractivity contribution in [2.45, 2.75) is 17.8 Å². The van der Waals surface area contributed by atoms with Crippen molar-refractivity contribution < 1.29 is 9.47 Å². The smallest absolute Gasteiger partial charge is 0.132 e. The minimum absolute atomic E-state index is 0.607. The van der Waals surface area contributed by atoms with Gasteiger partial charge in [-0.1, -0.05) is 213 Å². The van der Waals surface area contributed by atoms with Crippen LogP contribution in [0.25, 0.3) is 39.0 Å². The molecule has 10 aromatic rings. The van der Waals surface area contributed by atoms with Crippen molar-refractivity contribution in [3.8, 4) is 56.4 Å². The van der Waals surface area contributed by atoms with Gasteiger partial charge in [-0.25, -0.2) is 0 Å². The van der Waals surface area contributed by atoms with E-state index in [0.29, 0.717) is 0 Å². The molecule has 72 heavy (non-hydrogen) atoms. The summed E-state index contributed by atoms with van der Waals surface area (Å²) in [5, 5.41) is 0. The molecule has 0 radical (unpaired) electrons. The Labute approximate surface area is 420 Å². The van der Waals surface area contributed by atoms with Gasteiger partial charge in [-0.15, -0.1) is 0 Å². The summed E-state index contributed by atoms with van der Waals surface area (Å²) in [6.07, 6.45) is 6.23. The Hall–Kier alpha value is -9.18. The molecule has 0 bridgehead atoms. The summed E-state index contributed by atoms with van der Waals surface area (Å²) in [4.78, 5) is 2.53. The molecule has 10 aromatic carbocycles. The first-order valence-electron chi connectivity index (χ1n) is 24.8. The van der Waals surface area contributed by atoms with Gasteiger partial charge in [-0.05, 0) is 106 Å². The fraction of sp³-hybridized carbons (Fsp3) is 0.0435. The van der Waals surface area contributed by atoms with Crippen molar-refractivity contribution in [1.82, 2.24) is 0 Å². The Morgan fingerprint density at radius 2 is 0.819 bits per heavy atom. The number of rotatable bonds is 7. The highest BCUT2D eigenvalue weighted by Gasteiger charge is 2.53. The first kappa shape index (κ1) is 41.8. The number of allylic oxidation sites excluding steroid dienone is 5. The van der Waals surface area contributed by atoms with E-state index in [4.69, 9.17) is 9.47 Å². The van der Waals surface area contributed by atoms with Crippen molar-refractivity contribution in [2.24, 2.45) is 0 Å². The molecular formula is C69H47NO2. The normalized spacial score (nSPS) is 14.6. The van der Waals surface area contributed by atoms with E-state index in [1.807, 2.05) is 6.08 Å². The second kappa shape index (κ2) is 16.2. The maximum absolute atomic E-state index is 6.76. The molecule has 4 aliphatic rings. The van der Waals surface area contributed by atoms with Crippen molar-refractivity contribution >= 4 is 22.6 Å². The Morgan fingerprint density at radius 1 is 0.375 bits per heavy atom.